The standard InChI is InChI=1S/C10H12N2O4S/c11-8(13)4-3-6(10(15)16)12-9(14)7-2-1-5-17-7/h1-2,5-6H,3-4H2,(H2,11,13)(H,12,14)(H,15,16)/t6-/m0/s1. The van der Waals surface area contributed by atoms with Crippen molar-refractivity contribution in [2.75, 3.05) is 0 Å². The lowest BCUT2D eigenvalue weighted by Gasteiger charge is -2.12. The van der Waals surface area contributed by atoms with Crippen LogP contribution in [0.2, 0.25) is 0 Å². The second-order valence-electron chi connectivity index (χ2n) is 3.35. The van der Waals surface area contributed by atoms with E-state index >= 15 is 0 Å². The lowest BCUT2D eigenvalue weighted by atomic mass is 10.1. The Labute approximate surface area is 101 Å². The first kappa shape index (κ1) is 13.2. The van der Waals surface area contributed by atoms with Gasteiger partial charge in [0, 0.05) is 6.42 Å². The number of carbonyl (C=O) groups is 3. The Morgan fingerprint density at radius 3 is 2.65 bits per heavy atom. The fourth-order valence-electron chi connectivity index (χ4n) is 1.18. The number of carboxylic acids is 1. The highest BCUT2D eigenvalue weighted by molar-refractivity contribution is 7.12. The Kier molecular flexibility index (Phi) is 4.65. The first-order chi connectivity index (χ1) is 8.00. The molecule has 0 aliphatic heterocycles. The third-order valence-corrected chi connectivity index (χ3v) is 2.90. The average molecular weight is 256 g/mol. The molecule has 0 aliphatic carbocycles. The lowest BCUT2D eigenvalue weighted by molar-refractivity contribution is -0.139. The first-order valence-corrected chi connectivity index (χ1v) is 5.74. The number of nitrogens with one attached hydrogen (secondary N) is 1. The number of hydrogen-bond donors (Lipinski definition) is 3. The van der Waals surface area contributed by atoms with E-state index in [0.717, 1.165) is 0 Å². The van der Waals surface area contributed by atoms with E-state index < -0.39 is 23.8 Å². The van der Waals surface area contributed by atoms with Crippen molar-refractivity contribution < 1.29 is 19.5 Å². The average Bonchev–Trinajstić information content (AvgIpc) is 2.76. The fraction of sp³-hybridized carbons (Fsp3) is 0.300. The van der Waals surface area contributed by atoms with Crippen LogP contribution in [0, 0.1) is 0 Å². The van der Waals surface area contributed by atoms with Crippen LogP contribution in [0.4, 0.5) is 0 Å². The van der Waals surface area contributed by atoms with E-state index in [1.165, 1.54) is 11.3 Å². The van der Waals surface area contributed by atoms with E-state index in [9.17, 15) is 14.4 Å². The van der Waals surface area contributed by atoms with Crippen LogP contribution in [0.5, 0.6) is 0 Å². The minimum atomic E-state index is -1.18. The molecular formula is C10H12N2O4S. The molecule has 0 fully saturated rings. The van der Waals surface area contributed by atoms with Crippen molar-refractivity contribution in [2.24, 2.45) is 5.73 Å². The summed E-state index contributed by atoms with van der Waals surface area (Å²) in [6.07, 6.45) is -0.0938. The number of rotatable bonds is 6. The van der Waals surface area contributed by atoms with E-state index in [0.29, 0.717) is 4.88 Å². The fourth-order valence-corrected chi connectivity index (χ4v) is 1.81. The molecule has 1 aromatic heterocycles. The van der Waals surface area contributed by atoms with Gasteiger partial charge in [0.05, 0.1) is 4.88 Å². The zero-order valence-corrected chi connectivity index (χ0v) is 9.70. The van der Waals surface area contributed by atoms with E-state index in [1.807, 2.05) is 0 Å². The minimum absolute atomic E-state index is 0.0121. The summed E-state index contributed by atoms with van der Waals surface area (Å²) in [4.78, 5) is 33.4. The molecule has 6 nitrogen and oxygen atoms in total. The summed E-state index contributed by atoms with van der Waals surface area (Å²) < 4.78 is 0. The van der Waals surface area contributed by atoms with Gasteiger partial charge in [0.15, 0.2) is 0 Å². The summed E-state index contributed by atoms with van der Waals surface area (Å²) in [7, 11) is 0. The summed E-state index contributed by atoms with van der Waals surface area (Å²) >= 11 is 1.21. The van der Waals surface area contributed by atoms with Gasteiger partial charge in [0.1, 0.15) is 6.04 Å². The van der Waals surface area contributed by atoms with Gasteiger partial charge in [-0.3, -0.25) is 9.59 Å². The third kappa shape index (κ3) is 4.23. The molecule has 92 valence electrons. The second kappa shape index (κ2) is 6.00. The number of carbonyl (C=O) groups excluding carboxylic acids is 2. The van der Waals surface area contributed by atoms with Crippen LogP contribution >= 0.6 is 11.3 Å². The quantitative estimate of drug-likeness (QED) is 0.675. The molecule has 17 heavy (non-hydrogen) atoms. The monoisotopic (exact) mass is 256 g/mol. The Hall–Kier alpha value is -1.89. The zero-order valence-electron chi connectivity index (χ0n) is 8.88. The second-order valence-corrected chi connectivity index (χ2v) is 4.29. The molecule has 1 heterocycles. The van der Waals surface area contributed by atoms with E-state index in [1.54, 1.807) is 17.5 Å². The normalized spacial score (nSPS) is 11.8. The van der Waals surface area contributed by atoms with E-state index in [-0.39, 0.29) is 12.8 Å². The van der Waals surface area contributed by atoms with Gasteiger partial charge in [-0.25, -0.2) is 4.79 Å². The number of thiophene rings is 1. The van der Waals surface area contributed by atoms with Crippen LogP contribution in [0.25, 0.3) is 0 Å². The molecule has 0 aliphatic rings. The molecule has 0 spiro atoms. The number of primary amides is 1. The Balaban J connectivity index is 2.58. The maximum Gasteiger partial charge on any atom is 0.326 e. The molecule has 0 saturated carbocycles. The van der Waals surface area contributed by atoms with Crippen molar-refractivity contribution in [3.05, 3.63) is 22.4 Å². The summed E-state index contributed by atoms with van der Waals surface area (Å²) in [6, 6.07) is 2.18. The van der Waals surface area contributed by atoms with Crippen LogP contribution in [0.3, 0.4) is 0 Å². The smallest absolute Gasteiger partial charge is 0.326 e. The number of amides is 2. The Morgan fingerprint density at radius 1 is 1.47 bits per heavy atom. The van der Waals surface area contributed by atoms with Gasteiger partial charge < -0.3 is 16.2 Å². The third-order valence-electron chi connectivity index (χ3n) is 2.03. The lowest BCUT2D eigenvalue weighted by Crippen LogP contribution is -2.41. The van der Waals surface area contributed by atoms with Gasteiger partial charge in [0.25, 0.3) is 5.91 Å². The summed E-state index contributed by atoms with van der Waals surface area (Å²) in [5, 5.41) is 12.9. The van der Waals surface area contributed by atoms with Crippen molar-refractivity contribution in [1.82, 2.24) is 5.32 Å². The number of aliphatic carboxylic acids is 1. The maximum absolute atomic E-state index is 11.6. The molecule has 7 heteroatoms. The predicted molar refractivity (Wildman–Crippen MR) is 61.6 cm³/mol. The SMILES string of the molecule is NC(=O)CC[C@H](NC(=O)c1cccs1)C(=O)O. The van der Waals surface area contributed by atoms with Crippen LogP contribution in [-0.2, 0) is 9.59 Å². The highest BCUT2D eigenvalue weighted by Gasteiger charge is 2.21. The van der Waals surface area contributed by atoms with Crippen LogP contribution in [-0.4, -0.2) is 28.9 Å². The Morgan fingerprint density at radius 2 is 2.18 bits per heavy atom. The van der Waals surface area contributed by atoms with Gasteiger partial charge in [-0.2, -0.15) is 0 Å². The Bertz CT molecular complexity index is 416. The zero-order chi connectivity index (χ0) is 12.8. The molecule has 2 amide bonds. The topological polar surface area (TPSA) is 109 Å². The number of nitrogens with two attached hydrogens (primary N) is 1. The van der Waals surface area contributed by atoms with Crippen LogP contribution in [0.1, 0.15) is 22.5 Å². The van der Waals surface area contributed by atoms with Crippen molar-refractivity contribution in [3.8, 4) is 0 Å². The van der Waals surface area contributed by atoms with Gasteiger partial charge in [-0.05, 0) is 17.9 Å². The highest BCUT2D eigenvalue weighted by atomic mass is 32.1. The molecule has 1 rings (SSSR count). The van der Waals surface area contributed by atoms with Crippen LogP contribution in [0.15, 0.2) is 17.5 Å². The first-order valence-electron chi connectivity index (χ1n) is 4.86. The molecule has 1 atom stereocenters. The molecular weight excluding hydrogens is 244 g/mol. The number of carboxylic acid groups (broad SMARTS) is 1. The minimum Gasteiger partial charge on any atom is -0.480 e. The van der Waals surface area contributed by atoms with Gasteiger partial charge >= 0.3 is 5.97 Å². The molecule has 0 bridgehead atoms. The van der Waals surface area contributed by atoms with Crippen molar-refractivity contribution in [2.45, 2.75) is 18.9 Å². The molecule has 0 saturated heterocycles. The summed E-state index contributed by atoms with van der Waals surface area (Å²) in [5.74, 6) is -2.24. The largest absolute Gasteiger partial charge is 0.480 e. The van der Waals surface area contributed by atoms with Crippen LogP contribution < -0.4 is 11.1 Å². The predicted octanol–water partition coefficient (Wildman–Crippen LogP) is 0.197. The summed E-state index contributed by atoms with van der Waals surface area (Å²) in [6.45, 7) is 0. The maximum atomic E-state index is 11.6. The van der Waals surface area contributed by atoms with Gasteiger partial charge in [-0.15, -0.1) is 11.3 Å². The molecule has 4 N–H and O–H groups in total. The van der Waals surface area contributed by atoms with Crippen molar-refractivity contribution in [3.63, 3.8) is 0 Å². The van der Waals surface area contributed by atoms with Crippen molar-refractivity contribution >= 4 is 29.1 Å². The van der Waals surface area contributed by atoms with Gasteiger partial charge in [-0.1, -0.05) is 6.07 Å². The highest BCUT2D eigenvalue weighted by Crippen LogP contribution is 2.09. The van der Waals surface area contributed by atoms with E-state index in [4.69, 9.17) is 10.8 Å². The van der Waals surface area contributed by atoms with Gasteiger partial charge in [0.2, 0.25) is 5.91 Å². The van der Waals surface area contributed by atoms with E-state index in [2.05, 4.69) is 5.32 Å². The molecule has 0 unspecified atom stereocenters. The molecule has 0 aromatic carbocycles. The molecule has 1 aromatic rings. The number of hydrogen-bond acceptors (Lipinski definition) is 4. The summed E-state index contributed by atoms with van der Waals surface area (Å²) in [5.41, 5.74) is 4.92. The van der Waals surface area contributed by atoms with Crippen molar-refractivity contribution in [1.29, 1.82) is 0 Å². The molecule has 0 radical (unpaired) electrons.